The van der Waals surface area contributed by atoms with E-state index in [1.165, 1.54) is 5.56 Å². The van der Waals surface area contributed by atoms with Gasteiger partial charge in [0.2, 0.25) is 0 Å². The van der Waals surface area contributed by atoms with E-state index in [0.717, 1.165) is 18.4 Å². The summed E-state index contributed by atoms with van der Waals surface area (Å²) >= 11 is 0. The van der Waals surface area contributed by atoms with Gasteiger partial charge in [-0.15, -0.1) is 0 Å². The minimum absolute atomic E-state index is 0.499. The fraction of sp³-hybridized carbons (Fsp3) is 0.625. The van der Waals surface area contributed by atoms with Gasteiger partial charge >= 0.3 is 0 Å². The van der Waals surface area contributed by atoms with Crippen LogP contribution in [0, 0.1) is 18.8 Å². The zero-order chi connectivity index (χ0) is 13.1. The molecule has 0 fully saturated rings. The number of rotatable bonds is 5. The maximum Gasteiger partial charge on any atom is 0.0901 e. The minimum atomic E-state index is -0.672. The van der Waals surface area contributed by atoms with Crippen LogP contribution in [-0.4, -0.2) is 5.11 Å². The van der Waals surface area contributed by atoms with Crippen LogP contribution in [-0.2, 0) is 5.60 Å². The first-order valence-corrected chi connectivity index (χ1v) is 6.63. The van der Waals surface area contributed by atoms with Crippen LogP contribution in [0.25, 0.3) is 0 Å². The summed E-state index contributed by atoms with van der Waals surface area (Å²) in [6, 6.07) is 8.29. The summed E-state index contributed by atoms with van der Waals surface area (Å²) in [5, 5.41) is 10.9. The highest BCUT2D eigenvalue weighted by Crippen LogP contribution is 2.35. The lowest BCUT2D eigenvalue weighted by Gasteiger charge is -2.32. The van der Waals surface area contributed by atoms with Crippen LogP contribution in [0.4, 0.5) is 0 Å². The van der Waals surface area contributed by atoms with E-state index in [1.54, 1.807) is 0 Å². The number of aryl methyl sites for hydroxylation is 1. The molecule has 0 amide bonds. The minimum Gasteiger partial charge on any atom is -0.385 e. The van der Waals surface area contributed by atoms with Gasteiger partial charge in [0.05, 0.1) is 5.60 Å². The highest BCUT2D eigenvalue weighted by molar-refractivity contribution is 5.27. The third kappa shape index (κ3) is 4.16. The van der Waals surface area contributed by atoms with Crippen molar-refractivity contribution in [3.63, 3.8) is 0 Å². The molecule has 0 saturated carbocycles. The van der Waals surface area contributed by atoms with E-state index in [4.69, 9.17) is 0 Å². The molecule has 17 heavy (non-hydrogen) atoms. The normalized spacial score (nSPS) is 12.5. The van der Waals surface area contributed by atoms with Crippen molar-refractivity contribution in [2.45, 2.75) is 53.1 Å². The van der Waals surface area contributed by atoms with E-state index in [-0.39, 0.29) is 0 Å². The van der Waals surface area contributed by atoms with Crippen molar-refractivity contribution in [2.75, 3.05) is 0 Å². The first-order valence-electron chi connectivity index (χ1n) is 6.63. The topological polar surface area (TPSA) is 20.2 Å². The zero-order valence-electron chi connectivity index (χ0n) is 11.8. The fourth-order valence-corrected chi connectivity index (χ4v) is 2.60. The van der Waals surface area contributed by atoms with E-state index in [1.807, 2.05) is 6.07 Å². The zero-order valence-corrected chi connectivity index (χ0v) is 11.8. The Labute approximate surface area is 106 Å². The van der Waals surface area contributed by atoms with E-state index in [2.05, 4.69) is 52.8 Å². The Morgan fingerprint density at radius 3 is 2.00 bits per heavy atom. The molecule has 0 atom stereocenters. The molecule has 1 N–H and O–H groups in total. The molecule has 0 aliphatic heterocycles. The average Bonchev–Trinajstić information content (AvgIpc) is 2.14. The third-order valence-electron chi connectivity index (χ3n) is 3.05. The van der Waals surface area contributed by atoms with Crippen molar-refractivity contribution < 1.29 is 5.11 Å². The van der Waals surface area contributed by atoms with Crippen molar-refractivity contribution in [2.24, 2.45) is 11.8 Å². The molecule has 0 saturated heterocycles. The molecule has 96 valence electrons. The lowest BCUT2D eigenvalue weighted by atomic mass is 9.79. The molecule has 0 aliphatic rings. The Morgan fingerprint density at radius 1 is 1.06 bits per heavy atom. The molecule has 1 rings (SSSR count). The van der Waals surface area contributed by atoms with Crippen LogP contribution in [0.1, 0.15) is 51.7 Å². The first kappa shape index (κ1) is 14.2. The lowest BCUT2D eigenvalue weighted by Crippen LogP contribution is -2.29. The second kappa shape index (κ2) is 5.68. The second-order valence-electron chi connectivity index (χ2n) is 6.10. The third-order valence-corrected chi connectivity index (χ3v) is 3.05. The molecular weight excluding hydrogens is 208 g/mol. The van der Waals surface area contributed by atoms with Gasteiger partial charge in [-0.3, -0.25) is 0 Å². The van der Waals surface area contributed by atoms with Gasteiger partial charge in [-0.1, -0.05) is 57.5 Å². The predicted octanol–water partition coefficient (Wildman–Crippen LogP) is 4.27. The highest BCUT2D eigenvalue weighted by atomic mass is 16.3. The number of hydrogen-bond acceptors (Lipinski definition) is 1. The summed E-state index contributed by atoms with van der Waals surface area (Å²) in [6.45, 7) is 10.7. The molecule has 0 heterocycles. The van der Waals surface area contributed by atoms with E-state index < -0.39 is 5.60 Å². The molecule has 0 bridgehead atoms. The van der Waals surface area contributed by atoms with Gasteiger partial charge < -0.3 is 5.11 Å². The van der Waals surface area contributed by atoms with Crippen molar-refractivity contribution in [1.29, 1.82) is 0 Å². The van der Waals surface area contributed by atoms with Gasteiger partial charge in [-0.05, 0) is 37.2 Å². The Morgan fingerprint density at radius 2 is 1.59 bits per heavy atom. The Kier molecular flexibility index (Phi) is 4.76. The van der Waals surface area contributed by atoms with Crippen molar-refractivity contribution in [3.8, 4) is 0 Å². The Hall–Kier alpha value is -0.820. The smallest absolute Gasteiger partial charge is 0.0901 e. The average molecular weight is 234 g/mol. The molecule has 1 nitrogen and oxygen atoms in total. The lowest BCUT2D eigenvalue weighted by molar-refractivity contribution is -0.00454. The number of hydrogen-bond donors (Lipinski definition) is 1. The first-order chi connectivity index (χ1) is 7.83. The molecule has 0 radical (unpaired) electrons. The van der Waals surface area contributed by atoms with Crippen LogP contribution in [0.15, 0.2) is 24.3 Å². The SMILES string of the molecule is Cc1cccc(C(O)(CC(C)C)CC(C)C)c1. The second-order valence-corrected chi connectivity index (χ2v) is 6.10. The number of aliphatic hydroxyl groups is 1. The maximum absolute atomic E-state index is 10.9. The van der Waals surface area contributed by atoms with Crippen LogP contribution in [0.3, 0.4) is 0 Å². The van der Waals surface area contributed by atoms with Gasteiger partial charge in [-0.2, -0.15) is 0 Å². The van der Waals surface area contributed by atoms with Crippen molar-refractivity contribution >= 4 is 0 Å². The van der Waals surface area contributed by atoms with Gasteiger partial charge in [-0.25, -0.2) is 0 Å². The van der Waals surface area contributed by atoms with Crippen LogP contribution >= 0.6 is 0 Å². The van der Waals surface area contributed by atoms with E-state index in [0.29, 0.717) is 11.8 Å². The predicted molar refractivity (Wildman–Crippen MR) is 74.0 cm³/mol. The molecule has 1 heteroatoms. The Balaban J connectivity index is 3.04. The Bertz CT molecular complexity index is 342. The molecule has 1 aromatic rings. The molecule has 0 spiro atoms. The summed E-state index contributed by atoms with van der Waals surface area (Å²) in [5.74, 6) is 0.999. The summed E-state index contributed by atoms with van der Waals surface area (Å²) < 4.78 is 0. The highest BCUT2D eigenvalue weighted by Gasteiger charge is 2.30. The summed E-state index contributed by atoms with van der Waals surface area (Å²) in [4.78, 5) is 0. The van der Waals surface area contributed by atoms with Crippen molar-refractivity contribution in [3.05, 3.63) is 35.4 Å². The monoisotopic (exact) mass is 234 g/mol. The molecular formula is C16H26O. The number of benzene rings is 1. The summed E-state index contributed by atoms with van der Waals surface area (Å²) in [5.41, 5.74) is 1.61. The van der Waals surface area contributed by atoms with Crippen LogP contribution < -0.4 is 0 Å². The van der Waals surface area contributed by atoms with Gasteiger partial charge in [0, 0.05) is 0 Å². The quantitative estimate of drug-likeness (QED) is 0.806. The molecule has 0 unspecified atom stereocenters. The van der Waals surface area contributed by atoms with Crippen LogP contribution in [0.2, 0.25) is 0 Å². The van der Waals surface area contributed by atoms with Gasteiger partial charge in [0.25, 0.3) is 0 Å². The summed E-state index contributed by atoms with van der Waals surface area (Å²) in [7, 11) is 0. The fourth-order valence-electron chi connectivity index (χ4n) is 2.60. The summed E-state index contributed by atoms with van der Waals surface area (Å²) in [6.07, 6.45) is 1.66. The van der Waals surface area contributed by atoms with E-state index >= 15 is 0 Å². The molecule has 1 aromatic carbocycles. The maximum atomic E-state index is 10.9. The van der Waals surface area contributed by atoms with Crippen molar-refractivity contribution in [1.82, 2.24) is 0 Å². The molecule has 0 aromatic heterocycles. The molecule has 0 aliphatic carbocycles. The largest absolute Gasteiger partial charge is 0.385 e. The van der Waals surface area contributed by atoms with E-state index in [9.17, 15) is 5.11 Å². The van der Waals surface area contributed by atoms with Crippen LogP contribution in [0.5, 0.6) is 0 Å². The standard InChI is InChI=1S/C16H26O/c1-12(2)10-16(17,11-13(3)4)15-8-6-7-14(5)9-15/h6-9,12-13,17H,10-11H2,1-5H3. The van der Waals surface area contributed by atoms with Gasteiger partial charge in [0.1, 0.15) is 0 Å². The van der Waals surface area contributed by atoms with Gasteiger partial charge in [0.15, 0.2) is 0 Å².